The van der Waals surface area contributed by atoms with Gasteiger partial charge in [-0.25, -0.2) is 0 Å². The quantitative estimate of drug-likeness (QED) is 0.904. The highest BCUT2D eigenvalue weighted by atomic mass is 79.9. The van der Waals surface area contributed by atoms with Crippen LogP contribution < -0.4 is 10.1 Å². The van der Waals surface area contributed by atoms with Gasteiger partial charge in [0.15, 0.2) is 5.54 Å². The lowest BCUT2D eigenvalue weighted by molar-refractivity contribution is 0.253. The second-order valence-corrected chi connectivity index (χ2v) is 5.66. The van der Waals surface area contributed by atoms with Crippen molar-refractivity contribution in [3.63, 3.8) is 0 Å². The fourth-order valence-corrected chi connectivity index (χ4v) is 2.88. The molecule has 0 saturated carbocycles. The van der Waals surface area contributed by atoms with E-state index < -0.39 is 5.54 Å². The fraction of sp³-hybridized carbons (Fsp3) is 0.188. The minimum atomic E-state index is -0.740. The normalized spacial score (nSPS) is 20.4. The lowest BCUT2D eigenvalue weighted by atomic mass is 9.85. The van der Waals surface area contributed by atoms with Crippen LogP contribution in [0.15, 0.2) is 53.0 Å². The number of nitriles is 1. The number of nitrogens with one attached hydrogen (secondary N) is 1. The summed E-state index contributed by atoms with van der Waals surface area (Å²) in [6, 6.07) is 18.0. The Hall–Kier alpha value is -1.99. The minimum absolute atomic E-state index is 0.533. The standard InChI is InChI=1S/C16H13BrN2O/c17-12-4-3-5-13(10-12)19-16(11-18)8-9-20-15-7-2-1-6-14(15)16/h1-7,10,19H,8-9H2. The maximum atomic E-state index is 9.74. The number of anilines is 1. The van der Waals surface area contributed by atoms with Gasteiger partial charge in [-0.15, -0.1) is 0 Å². The number of nitrogens with zero attached hydrogens (tertiary/aromatic N) is 1. The minimum Gasteiger partial charge on any atom is -0.493 e. The van der Waals surface area contributed by atoms with Gasteiger partial charge in [0.25, 0.3) is 0 Å². The van der Waals surface area contributed by atoms with E-state index in [0.717, 1.165) is 21.5 Å². The number of benzene rings is 2. The Bertz CT molecular complexity index is 680. The molecule has 2 aromatic rings. The third-order valence-electron chi connectivity index (χ3n) is 3.45. The summed E-state index contributed by atoms with van der Waals surface area (Å²) in [7, 11) is 0. The molecule has 100 valence electrons. The summed E-state index contributed by atoms with van der Waals surface area (Å²) in [5.74, 6) is 0.780. The first kappa shape index (κ1) is 13.0. The van der Waals surface area contributed by atoms with E-state index in [2.05, 4.69) is 27.3 Å². The van der Waals surface area contributed by atoms with Crippen molar-refractivity contribution in [3.8, 4) is 11.8 Å². The number of hydrogen-bond donors (Lipinski definition) is 1. The first-order chi connectivity index (χ1) is 9.73. The molecule has 1 atom stereocenters. The predicted molar refractivity (Wildman–Crippen MR) is 81.6 cm³/mol. The van der Waals surface area contributed by atoms with Crippen LogP contribution >= 0.6 is 15.9 Å². The maximum Gasteiger partial charge on any atom is 0.157 e. The zero-order chi connectivity index (χ0) is 14.0. The van der Waals surface area contributed by atoms with Gasteiger partial charge in [-0.2, -0.15) is 5.26 Å². The monoisotopic (exact) mass is 328 g/mol. The fourth-order valence-electron chi connectivity index (χ4n) is 2.48. The van der Waals surface area contributed by atoms with Crippen molar-refractivity contribution in [3.05, 3.63) is 58.6 Å². The number of rotatable bonds is 2. The summed E-state index contributed by atoms with van der Waals surface area (Å²) in [5.41, 5.74) is 1.07. The molecule has 20 heavy (non-hydrogen) atoms. The number of ether oxygens (including phenoxy) is 1. The van der Waals surface area contributed by atoms with Crippen molar-refractivity contribution in [2.45, 2.75) is 12.0 Å². The molecule has 0 bridgehead atoms. The Morgan fingerprint density at radius 3 is 2.85 bits per heavy atom. The van der Waals surface area contributed by atoms with Gasteiger partial charge in [0, 0.05) is 22.1 Å². The van der Waals surface area contributed by atoms with Crippen LogP contribution in [-0.4, -0.2) is 6.61 Å². The van der Waals surface area contributed by atoms with Gasteiger partial charge in [-0.3, -0.25) is 0 Å². The molecule has 3 rings (SSSR count). The van der Waals surface area contributed by atoms with Crippen molar-refractivity contribution in [2.24, 2.45) is 0 Å². The van der Waals surface area contributed by atoms with Crippen LogP contribution in [0, 0.1) is 11.3 Å². The molecule has 0 radical (unpaired) electrons. The lowest BCUT2D eigenvalue weighted by Gasteiger charge is -2.34. The molecule has 0 amide bonds. The first-order valence-corrected chi connectivity index (χ1v) is 7.20. The molecule has 1 aliphatic rings. The summed E-state index contributed by atoms with van der Waals surface area (Å²) < 4.78 is 6.62. The Balaban J connectivity index is 2.03. The summed E-state index contributed by atoms with van der Waals surface area (Å²) in [6.07, 6.45) is 0.618. The summed E-state index contributed by atoms with van der Waals surface area (Å²) in [4.78, 5) is 0. The average Bonchev–Trinajstić information content (AvgIpc) is 2.47. The highest BCUT2D eigenvalue weighted by Gasteiger charge is 2.38. The van der Waals surface area contributed by atoms with Crippen LogP contribution in [0.3, 0.4) is 0 Å². The van der Waals surface area contributed by atoms with Gasteiger partial charge in [0.05, 0.1) is 12.7 Å². The van der Waals surface area contributed by atoms with Crippen LogP contribution in [0.2, 0.25) is 0 Å². The molecule has 4 heteroatoms. The van der Waals surface area contributed by atoms with Crippen molar-refractivity contribution < 1.29 is 4.74 Å². The molecular weight excluding hydrogens is 316 g/mol. The SMILES string of the molecule is N#CC1(Nc2cccc(Br)c2)CCOc2ccccc21. The molecule has 0 saturated heterocycles. The van der Waals surface area contributed by atoms with Crippen LogP contribution in [0.1, 0.15) is 12.0 Å². The molecule has 2 aromatic carbocycles. The molecular formula is C16H13BrN2O. The zero-order valence-electron chi connectivity index (χ0n) is 10.8. The van der Waals surface area contributed by atoms with Crippen LogP contribution in [0.4, 0.5) is 5.69 Å². The highest BCUT2D eigenvalue weighted by molar-refractivity contribution is 9.10. The topological polar surface area (TPSA) is 45.0 Å². The summed E-state index contributed by atoms with van der Waals surface area (Å²) in [5, 5.41) is 13.1. The van der Waals surface area contributed by atoms with E-state index in [4.69, 9.17) is 4.74 Å². The van der Waals surface area contributed by atoms with Crippen LogP contribution in [0.5, 0.6) is 5.75 Å². The largest absolute Gasteiger partial charge is 0.493 e. The molecule has 0 fully saturated rings. The van der Waals surface area contributed by atoms with Crippen molar-refractivity contribution >= 4 is 21.6 Å². The zero-order valence-corrected chi connectivity index (χ0v) is 12.4. The average molecular weight is 329 g/mol. The van der Waals surface area contributed by atoms with Gasteiger partial charge >= 0.3 is 0 Å². The van der Waals surface area contributed by atoms with Gasteiger partial charge in [-0.05, 0) is 24.3 Å². The van der Waals surface area contributed by atoms with E-state index >= 15 is 0 Å². The Labute approximate surface area is 126 Å². The number of fused-ring (bicyclic) bond motifs is 1. The van der Waals surface area contributed by atoms with Crippen LogP contribution in [-0.2, 0) is 5.54 Å². The molecule has 1 N–H and O–H groups in total. The van der Waals surface area contributed by atoms with Gasteiger partial charge in [0.2, 0.25) is 0 Å². The Kier molecular flexibility index (Phi) is 3.37. The van der Waals surface area contributed by atoms with Gasteiger partial charge in [-0.1, -0.05) is 40.2 Å². The maximum absolute atomic E-state index is 9.74. The highest BCUT2D eigenvalue weighted by Crippen LogP contribution is 2.39. The third-order valence-corrected chi connectivity index (χ3v) is 3.95. The molecule has 1 heterocycles. The number of hydrogen-bond acceptors (Lipinski definition) is 3. The number of halogens is 1. The summed E-state index contributed by atoms with van der Waals surface area (Å²) in [6.45, 7) is 0.533. The van der Waals surface area contributed by atoms with E-state index in [-0.39, 0.29) is 0 Å². The van der Waals surface area contributed by atoms with Crippen LogP contribution in [0.25, 0.3) is 0 Å². The molecule has 3 nitrogen and oxygen atoms in total. The smallest absolute Gasteiger partial charge is 0.157 e. The number of para-hydroxylation sites is 1. The molecule has 1 aliphatic heterocycles. The van der Waals surface area contributed by atoms with Crippen molar-refractivity contribution in [1.82, 2.24) is 0 Å². The molecule has 0 spiro atoms. The Morgan fingerprint density at radius 2 is 2.05 bits per heavy atom. The first-order valence-electron chi connectivity index (χ1n) is 6.41. The van der Waals surface area contributed by atoms with Gasteiger partial charge < -0.3 is 10.1 Å². The summed E-state index contributed by atoms with van der Waals surface area (Å²) >= 11 is 3.45. The van der Waals surface area contributed by atoms with E-state index in [1.807, 2.05) is 48.5 Å². The van der Waals surface area contributed by atoms with Crippen molar-refractivity contribution in [1.29, 1.82) is 5.26 Å². The third kappa shape index (κ3) is 2.25. The van der Waals surface area contributed by atoms with E-state index in [1.54, 1.807) is 0 Å². The second kappa shape index (κ2) is 5.18. The molecule has 0 aromatic heterocycles. The lowest BCUT2D eigenvalue weighted by Crippen LogP contribution is -2.38. The molecule has 1 unspecified atom stereocenters. The predicted octanol–water partition coefficient (Wildman–Crippen LogP) is 4.06. The molecule has 0 aliphatic carbocycles. The van der Waals surface area contributed by atoms with E-state index in [0.29, 0.717) is 13.0 Å². The Morgan fingerprint density at radius 1 is 1.20 bits per heavy atom. The van der Waals surface area contributed by atoms with Gasteiger partial charge in [0.1, 0.15) is 5.75 Å². The van der Waals surface area contributed by atoms with Crippen molar-refractivity contribution in [2.75, 3.05) is 11.9 Å². The van der Waals surface area contributed by atoms with E-state index in [1.165, 1.54) is 0 Å². The second-order valence-electron chi connectivity index (χ2n) is 4.75. The van der Waals surface area contributed by atoms with E-state index in [9.17, 15) is 5.26 Å².